The molecule has 7 heteroatoms. The second-order valence-electron chi connectivity index (χ2n) is 7.48. The third-order valence-corrected chi connectivity index (χ3v) is 6.74. The van der Waals surface area contributed by atoms with Crippen LogP contribution in [-0.2, 0) is 10.0 Å². The number of sulfonamides is 1. The van der Waals surface area contributed by atoms with Gasteiger partial charge >= 0.3 is 0 Å². The summed E-state index contributed by atoms with van der Waals surface area (Å²) in [6.07, 6.45) is 1.02. The Balaban J connectivity index is 1.79. The van der Waals surface area contributed by atoms with E-state index < -0.39 is 10.0 Å². The van der Waals surface area contributed by atoms with E-state index >= 15 is 0 Å². The lowest BCUT2D eigenvalue weighted by atomic mass is 9.94. The van der Waals surface area contributed by atoms with Crippen molar-refractivity contribution in [3.8, 4) is 5.75 Å². The number of hydrogen-bond donors (Lipinski definition) is 1. The monoisotopic (exact) mass is 402 g/mol. The lowest BCUT2D eigenvalue weighted by molar-refractivity contribution is 0.102. The SMILES string of the molecule is COc1ccc(NC(=O)c2cccc(S(=O)(=O)N3CC(C)CC(C)C3)c2)cc1. The summed E-state index contributed by atoms with van der Waals surface area (Å²) >= 11 is 0. The summed E-state index contributed by atoms with van der Waals surface area (Å²) in [5, 5.41) is 2.78. The van der Waals surface area contributed by atoms with Gasteiger partial charge in [0, 0.05) is 24.3 Å². The van der Waals surface area contributed by atoms with Gasteiger partial charge in [0.25, 0.3) is 5.91 Å². The molecule has 2 atom stereocenters. The van der Waals surface area contributed by atoms with Gasteiger partial charge in [-0.05, 0) is 60.7 Å². The van der Waals surface area contributed by atoms with E-state index in [1.54, 1.807) is 49.6 Å². The molecule has 0 aromatic heterocycles. The van der Waals surface area contributed by atoms with Gasteiger partial charge in [0.2, 0.25) is 10.0 Å². The molecule has 2 aromatic carbocycles. The highest BCUT2D eigenvalue weighted by Gasteiger charge is 2.31. The van der Waals surface area contributed by atoms with E-state index in [4.69, 9.17) is 4.74 Å². The highest BCUT2D eigenvalue weighted by Crippen LogP contribution is 2.27. The van der Waals surface area contributed by atoms with Gasteiger partial charge < -0.3 is 10.1 Å². The number of carbonyl (C=O) groups is 1. The predicted octanol–water partition coefficient (Wildman–Crippen LogP) is 3.61. The molecule has 0 bridgehead atoms. The van der Waals surface area contributed by atoms with Crippen LogP contribution in [0.25, 0.3) is 0 Å². The van der Waals surface area contributed by atoms with Crippen LogP contribution in [-0.4, -0.2) is 38.8 Å². The van der Waals surface area contributed by atoms with Crippen molar-refractivity contribution in [1.29, 1.82) is 0 Å². The molecule has 3 rings (SSSR count). The zero-order valence-electron chi connectivity index (χ0n) is 16.4. The van der Waals surface area contributed by atoms with E-state index in [0.29, 0.717) is 41.9 Å². The number of anilines is 1. The van der Waals surface area contributed by atoms with E-state index in [1.165, 1.54) is 10.4 Å². The number of benzene rings is 2. The molecule has 1 fully saturated rings. The van der Waals surface area contributed by atoms with Gasteiger partial charge in [-0.15, -0.1) is 0 Å². The Kier molecular flexibility index (Phi) is 6.05. The van der Waals surface area contributed by atoms with Crippen molar-refractivity contribution in [2.45, 2.75) is 25.2 Å². The summed E-state index contributed by atoms with van der Waals surface area (Å²) in [6.45, 7) is 5.15. The highest BCUT2D eigenvalue weighted by atomic mass is 32.2. The Hall–Kier alpha value is -2.38. The standard InChI is InChI=1S/C21H26N2O4S/c1-15-11-16(2)14-23(13-15)28(25,26)20-6-4-5-17(12-20)21(24)22-18-7-9-19(27-3)10-8-18/h4-10,12,15-16H,11,13-14H2,1-3H3,(H,22,24). The van der Waals surface area contributed by atoms with Gasteiger partial charge in [0.15, 0.2) is 0 Å². The highest BCUT2D eigenvalue weighted by molar-refractivity contribution is 7.89. The summed E-state index contributed by atoms with van der Waals surface area (Å²) in [6, 6.07) is 13.2. The van der Waals surface area contributed by atoms with Gasteiger partial charge in [0.05, 0.1) is 12.0 Å². The zero-order valence-corrected chi connectivity index (χ0v) is 17.2. The molecular weight excluding hydrogens is 376 g/mol. The Morgan fingerprint density at radius 1 is 1.07 bits per heavy atom. The third-order valence-electron chi connectivity index (χ3n) is 4.92. The summed E-state index contributed by atoms with van der Waals surface area (Å²) in [4.78, 5) is 12.7. The lowest BCUT2D eigenvalue weighted by Gasteiger charge is -2.34. The average Bonchev–Trinajstić information content (AvgIpc) is 2.68. The van der Waals surface area contributed by atoms with Crippen LogP contribution in [0.3, 0.4) is 0 Å². The maximum Gasteiger partial charge on any atom is 0.255 e. The molecule has 1 amide bonds. The van der Waals surface area contributed by atoms with Crippen molar-refractivity contribution in [2.75, 3.05) is 25.5 Å². The number of carbonyl (C=O) groups excluding carboxylic acids is 1. The van der Waals surface area contributed by atoms with Crippen molar-refractivity contribution >= 4 is 21.6 Å². The summed E-state index contributed by atoms with van der Waals surface area (Å²) < 4.78 is 32.8. The molecule has 1 N–H and O–H groups in total. The number of ether oxygens (including phenoxy) is 1. The Labute approximate surface area is 166 Å². The van der Waals surface area contributed by atoms with E-state index in [0.717, 1.165) is 6.42 Å². The topological polar surface area (TPSA) is 75.7 Å². The van der Waals surface area contributed by atoms with Crippen LogP contribution in [0.4, 0.5) is 5.69 Å². The molecule has 1 heterocycles. The predicted molar refractivity (Wildman–Crippen MR) is 109 cm³/mol. The number of nitrogens with one attached hydrogen (secondary N) is 1. The first-order valence-electron chi connectivity index (χ1n) is 9.35. The van der Waals surface area contributed by atoms with E-state index in [9.17, 15) is 13.2 Å². The first-order chi connectivity index (χ1) is 13.3. The number of piperidine rings is 1. The second kappa shape index (κ2) is 8.32. The summed E-state index contributed by atoms with van der Waals surface area (Å²) in [5.74, 6) is 0.971. The molecule has 2 aromatic rings. The quantitative estimate of drug-likeness (QED) is 0.829. The summed E-state index contributed by atoms with van der Waals surface area (Å²) in [7, 11) is -2.06. The Bertz CT molecular complexity index is 931. The number of rotatable bonds is 5. The lowest BCUT2D eigenvalue weighted by Crippen LogP contribution is -2.42. The molecule has 0 saturated carbocycles. The van der Waals surface area contributed by atoms with Crippen LogP contribution in [0.1, 0.15) is 30.6 Å². The fourth-order valence-electron chi connectivity index (χ4n) is 3.63. The number of hydrogen-bond acceptors (Lipinski definition) is 4. The molecule has 1 aliphatic heterocycles. The maximum absolute atomic E-state index is 13.1. The van der Waals surface area contributed by atoms with Crippen LogP contribution in [0, 0.1) is 11.8 Å². The van der Waals surface area contributed by atoms with E-state index in [1.807, 2.05) is 0 Å². The molecule has 28 heavy (non-hydrogen) atoms. The van der Waals surface area contributed by atoms with Crippen molar-refractivity contribution in [2.24, 2.45) is 11.8 Å². The second-order valence-corrected chi connectivity index (χ2v) is 9.42. The number of nitrogens with zero attached hydrogens (tertiary/aromatic N) is 1. The van der Waals surface area contributed by atoms with Crippen molar-refractivity contribution < 1.29 is 17.9 Å². The van der Waals surface area contributed by atoms with Crippen LogP contribution < -0.4 is 10.1 Å². The van der Waals surface area contributed by atoms with Gasteiger partial charge in [-0.25, -0.2) is 8.42 Å². The molecule has 0 radical (unpaired) electrons. The summed E-state index contributed by atoms with van der Waals surface area (Å²) in [5.41, 5.74) is 0.910. The van der Waals surface area contributed by atoms with Gasteiger partial charge in [-0.3, -0.25) is 4.79 Å². The number of methoxy groups -OCH3 is 1. The fraction of sp³-hybridized carbons (Fsp3) is 0.381. The minimum absolute atomic E-state index is 0.149. The molecule has 0 spiro atoms. The molecule has 1 aliphatic rings. The van der Waals surface area contributed by atoms with E-state index in [2.05, 4.69) is 19.2 Å². The average molecular weight is 403 g/mol. The number of amides is 1. The van der Waals surface area contributed by atoms with Crippen LogP contribution in [0.2, 0.25) is 0 Å². The van der Waals surface area contributed by atoms with Crippen molar-refractivity contribution in [1.82, 2.24) is 4.31 Å². The largest absolute Gasteiger partial charge is 0.497 e. The molecule has 1 saturated heterocycles. The molecular formula is C21H26N2O4S. The third kappa shape index (κ3) is 4.54. The minimum Gasteiger partial charge on any atom is -0.497 e. The molecule has 0 aliphatic carbocycles. The first-order valence-corrected chi connectivity index (χ1v) is 10.8. The van der Waals surface area contributed by atoms with Crippen LogP contribution in [0.15, 0.2) is 53.4 Å². The van der Waals surface area contributed by atoms with Crippen LogP contribution >= 0.6 is 0 Å². The van der Waals surface area contributed by atoms with Crippen molar-refractivity contribution in [3.63, 3.8) is 0 Å². The first kappa shape index (κ1) is 20.4. The zero-order chi connectivity index (χ0) is 20.3. The van der Waals surface area contributed by atoms with Crippen molar-refractivity contribution in [3.05, 3.63) is 54.1 Å². The maximum atomic E-state index is 13.1. The van der Waals surface area contributed by atoms with Gasteiger partial charge in [-0.1, -0.05) is 19.9 Å². The fourth-order valence-corrected chi connectivity index (χ4v) is 5.35. The molecule has 2 unspecified atom stereocenters. The molecule has 150 valence electrons. The normalized spacial score (nSPS) is 20.5. The minimum atomic E-state index is -3.63. The van der Waals surface area contributed by atoms with E-state index in [-0.39, 0.29) is 10.8 Å². The Morgan fingerprint density at radius 3 is 2.32 bits per heavy atom. The van der Waals surface area contributed by atoms with Crippen LogP contribution in [0.5, 0.6) is 5.75 Å². The molecule has 6 nitrogen and oxygen atoms in total. The van der Waals surface area contributed by atoms with Gasteiger partial charge in [0.1, 0.15) is 5.75 Å². The Morgan fingerprint density at radius 2 is 1.71 bits per heavy atom. The van der Waals surface area contributed by atoms with Gasteiger partial charge in [-0.2, -0.15) is 4.31 Å². The smallest absolute Gasteiger partial charge is 0.255 e.